The van der Waals surface area contributed by atoms with E-state index in [0.29, 0.717) is 12.0 Å². The number of nitrogens with zero attached hydrogens (tertiary/aromatic N) is 1. The van der Waals surface area contributed by atoms with Gasteiger partial charge in [0.2, 0.25) is 0 Å². The van der Waals surface area contributed by atoms with E-state index in [1.54, 1.807) is 19.1 Å². The summed E-state index contributed by atoms with van der Waals surface area (Å²) in [4.78, 5) is 11.7. The molecule has 1 rings (SSSR count). The number of nitriles is 1. The van der Waals surface area contributed by atoms with E-state index in [0.717, 1.165) is 0 Å². The molecule has 1 N–H and O–H groups in total. The molecule has 0 amide bonds. The number of aromatic hydroxyl groups is 1. The summed E-state index contributed by atoms with van der Waals surface area (Å²) in [6.07, 6.45) is 1.92. The Balaban J connectivity index is 2.86. The zero-order valence-electron chi connectivity index (χ0n) is 10.4. The van der Waals surface area contributed by atoms with Gasteiger partial charge in [0.15, 0.2) is 0 Å². The molecular weight excluding hydrogens is 230 g/mol. The van der Waals surface area contributed by atoms with Gasteiger partial charge in [-0.1, -0.05) is 19.1 Å². The van der Waals surface area contributed by atoms with Gasteiger partial charge in [0.25, 0.3) is 0 Å². The van der Waals surface area contributed by atoms with Crippen molar-refractivity contribution in [3.8, 4) is 11.8 Å². The molecule has 18 heavy (non-hydrogen) atoms. The summed E-state index contributed by atoms with van der Waals surface area (Å²) in [5.41, 5.74) is 0.603. The number of carbonyl (C=O) groups excluding carboxylic acids is 1. The van der Waals surface area contributed by atoms with E-state index in [-0.39, 0.29) is 17.4 Å². The molecule has 0 heterocycles. The Morgan fingerprint density at radius 2 is 2.11 bits per heavy atom. The first-order valence-electron chi connectivity index (χ1n) is 5.68. The fourth-order valence-electron chi connectivity index (χ4n) is 1.20. The van der Waals surface area contributed by atoms with Crippen molar-refractivity contribution in [1.29, 1.82) is 5.26 Å². The van der Waals surface area contributed by atoms with E-state index in [9.17, 15) is 4.79 Å². The van der Waals surface area contributed by atoms with E-state index in [1.165, 1.54) is 18.2 Å². The fraction of sp³-hybridized carbons (Fsp3) is 0.286. The molecule has 0 spiro atoms. The molecule has 0 radical (unpaired) electrons. The molecule has 4 heteroatoms. The van der Waals surface area contributed by atoms with Crippen LogP contribution in [0.3, 0.4) is 0 Å². The molecule has 0 aliphatic carbocycles. The first kappa shape index (κ1) is 13.8. The molecule has 0 aliphatic rings. The number of rotatable bonds is 4. The van der Waals surface area contributed by atoms with Gasteiger partial charge in [-0.25, -0.2) is 4.79 Å². The van der Waals surface area contributed by atoms with Crippen LogP contribution in [0.5, 0.6) is 5.75 Å². The molecule has 94 valence electrons. The molecule has 1 atom stereocenters. The van der Waals surface area contributed by atoms with Crippen LogP contribution in [0.4, 0.5) is 0 Å². The Labute approximate surface area is 106 Å². The number of phenols is 1. The molecule has 1 unspecified atom stereocenters. The van der Waals surface area contributed by atoms with Gasteiger partial charge in [-0.05, 0) is 37.1 Å². The summed E-state index contributed by atoms with van der Waals surface area (Å²) in [7, 11) is 0. The zero-order valence-corrected chi connectivity index (χ0v) is 10.4. The summed E-state index contributed by atoms with van der Waals surface area (Å²) in [6, 6.07) is 8.02. The second-order valence-corrected chi connectivity index (χ2v) is 3.89. The lowest BCUT2D eigenvalue weighted by molar-refractivity contribution is -0.142. The largest absolute Gasteiger partial charge is 0.508 e. The van der Waals surface area contributed by atoms with Crippen LogP contribution in [0.1, 0.15) is 25.8 Å². The molecule has 0 aliphatic heterocycles. The van der Waals surface area contributed by atoms with Crippen LogP contribution in [-0.2, 0) is 9.53 Å². The highest BCUT2D eigenvalue weighted by molar-refractivity contribution is 5.97. The lowest BCUT2D eigenvalue weighted by Gasteiger charge is -2.09. The highest BCUT2D eigenvalue weighted by Gasteiger charge is 2.13. The number of benzene rings is 1. The fourth-order valence-corrected chi connectivity index (χ4v) is 1.20. The summed E-state index contributed by atoms with van der Waals surface area (Å²) in [5.74, 6) is -0.493. The molecule has 0 bridgehead atoms. The summed E-state index contributed by atoms with van der Waals surface area (Å²) < 4.78 is 5.07. The Hall–Kier alpha value is -2.28. The van der Waals surface area contributed by atoms with Gasteiger partial charge in [0, 0.05) is 0 Å². The average molecular weight is 245 g/mol. The van der Waals surface area contributed by atoms with Crippen LogP contribution in [0, 0.1) is 11.3 Å². The molecule has 4 nitrogen and oxygen atoms in total. The van der Waals surface area contributed by atoms with Crippen molar-refractivity contribution in [2.45, 2.75) is 26.4 Å². The normalized spacial score (nSPS) is 12.6. The molecular formula is C14H15NO3. The number of hydrogen-bond donors (Lipinski definition) is 1. The lowest BCUT2D eigenvalue weighted by atomic mass is 10.1. The van der Waals surface area contributed by atoms with E-state index in [2.05, 4.69) is 0 Å². The second-order valence-electron chi connectivity index (χ2n) is 3.89. The maximum absolute atomic E-state index is 11.7. The molecule has 0 saturated carbocycles. The smallest absolute Gasteiger partial charge is 0.349 e. The maximum Gasteiger partial charge on any atom is 0.349 e. The third kappa shape index (κ3) is 3.95. The monoisotopic (exact) mass is 245 g/mol. The maximum atomic E-state index is 11.7. The number of ether oxygens (including phenoxy) is 1. The Bertz CT molecular complexity index is 483. The zero-order chi connectivity index (χ0) is 13.5. The van der Waals surface area contributed by atoms with Crippen LogP contribution in [0.25, 0.3) is 6.08 Å². The minimum atomic E-state index is -0.625. The highest BCUT2D eigenvalue weighted by atomic mass is 16.5. The van der Waals surface area contributed by atoms with Crippen molar-refractivity contribution in [2.24, 2.45) is 0 Å². The van der Waals surface area contributed by atoms with Gasteiger partial charge < -0.3 is 9.84 Å². The second kappa shape index (κ2) is 6.45. The van der Waals surface area contributed by atoms with E-state index in [1.807, 2.05) is 13.0 Å². The quantitative estimate of drug-likeness (QED) is 0.503. The number of esters is 1. The standard InChI is InChI=1S/C14H15NO3/c1-3-10(2)18-14(17)12(9-15)8-11-4-6-13(16)7-5-11/h4-8,10,16H,3H2,1-2H3/b12-8+. The molecule has 1 aromatic carbocycles. The summed E-state index contributed by atoms with van der Waals surface area (Å²) in [6.45, 7) is 3.67. The number of phenolic OH excluding ortho intramolecular Hbond substituents is 1. The van der Waals surface area contributed by atoms with Crippen LogP contribution < -0.4 is 0 Å². The van der Waals surface area contributed by atoms with Gasteiger partial charge in [-0.15, -0.1) is 0 Å². The molecule has 0 aromatic heterocycles. The SMILES string of the molecule is CCC(C)OC(=O)/C(C#N)=C/c1ccc(O)cc1. The van der Waals surface area contributed by atoms with Crippen LogP contribution in [-0.4, -0.2) is 17.2 Å². The first-order valence-corrected chi connectivity index (χ1v) is 5.68. The van der Waals surface area contributed by atoms with Gasteiger partial charge in [-0.3, -0.25) is 0 Å². The van der Waals surface area contributed by atoms with Crippen molar-refractivity contribution < 1.29 is 14.6 Å². The predicted molar refractivity (Wildman–Crippen MR) is 67.5 cm³/mol. The van der Waals surface area contributed by atoms with Gasteiger partial charge >= 0.3 is 5.97 Å². The summed E-state index contributed by atoms with van der Waals surface area (Å²) >= 11 is 0. The van der Waals surface area contributed by atoms with Crippen LogP contribution in [0.2, 0.25) is 0 Å². The van der Waals surface area contributed by atoms with Gasteiger partial charge in [0.05, 0.1) is 6.10 Å². The third-order valence-electron chi connectivity index (χ3n) is 2.43. The third-order valence-corrected chi connectivity index (χ3v) is 2.43. The minimum Gasteiger partial charge on any atom is -0.508 e. The van der Waals surface area contributed by atoms with E-state index in [4.69, 9.17) is 15.1 Å². The van der Waals surface area contributed by atoms with Crippen molar-refractivity contribution in [1.82, 2.24) is 0 Å². The lowest BCUT2D eigenvalue weighted by Crippen LogP contribution is -2.15. The minimum absolute atomic E-state index is 0.0546. The number of carbonyl (C=O) groups is 1. The van der Waals surface area contributed by atoms with Gasteiger partial charge in [0.1, 0.15) is 17.4 Å². The van der Waals surface area contributed by atoms with Crippen LogP contribution >= 0.6 is 0 Å². The Morgan fingerprint density at radius 1 is 1.50 bits per heavy atom. The Morgan fingerprint density at radius 3 is 2.61 bits per heavy atom. The average Bonchev–Trinajstić information content (AvgIpc) is 2.37. The van der Waals surface area contributed by atoms with Crippen LogP contribution in [0.15, 0.2) is 29.8 Å². The van der Waals surface area contributed by atoms with Crippen molar-refractivity contribution >= 4 is 12.0 Å². The highest BCUT2D eigenvalue weighted by Crippen LogP contribution is 2.13. The molecule has 1 aromatic rings. The van der Waals surface area contributed by atoms with Gasteiger partial charge in [-0.2, -0.15) is 5.26 Å². The van der Waals surface area contributed by atoms with Crippen molar-refractivity contribution in [3.63, 3.8) is 0 Å². The first-order chi connectivity index (χ1) is 8.56. The predicted octanol–water partition coefficient (Wildman–Crippen LogP) is 2.64. The van der Waals surface area contributed by atoms with Crippen molar-refractivity contribution in [2.75, 3.05) is 0 Å². The topological polar surface area (TPSA) is 70.3 Å². The Kier molecular flexibility index (Phi) is 4.94. The molecule has 0 fully saturated rings. The number of hydrogen-bond acceptors (Lipinski definition) is 4. The van der Waals surface area contributed by atoms with Crippen molar-refractivity contribution in [3.05, 3.63) is 35.4 Å². The molecule has 0 saturated heterocycles. The summed E-state index contributed by atoms with van der Waals surface area (Å²) in [5, 5.41) is 18.1. The van der Waals surface area contributed by atoms with E-state index >= 15 is 0 Å². The van der Waals surface area contributed by atoms with E-state index < -0.39 is 5.97 Å².